The second-order valence-corrected chi connectivity index (χ2v) is 6.48. The van der Waals surface area contributed by atoms with Crippen LogP contribution >= 0.6 is 0 Å². The number of pyridine rings is 2. The van der Waals surface area contributed by atoms with Gasteiger partial charge in [0.1, 0.15) is 17.4 Å². The van der Waals surface area contributed by atoms with E-state index in [-0.39, 0.29) is 6.10 Å². The first kappa shape index (κ1) is 16.0. The number of aromatic nitrogens is 3. The molecule has 0 aromatic carbocycles. The van der Waals surface area contributed by atoms with Crippen molar-refractivity contribution in [1.29, 1.82) is 0 Å². The molecule has 1 aliphatic rings. The van der Waals surface area contributed by atoms with Crippen molar-refractivity contribution in [2.75, 3.05) is 19.6 Å². The zero-order chi connectivity index (χ0) is 17.2. The van der Waals surface area contributed by atoms with Crippen molar-refractivity contribution in [3.63, 3.8) is 0 Å². The molecule has 0 atom stereocenters. The van der Waals surface area contributed by atoms with Gasteiger partial charge in [-0.3, -0.25) is 9.98 Å². The quantitative estimate of drug-likeness (QED) is 0.726. The smallest absolute Gasteiger partial charge is 0.153 e. The van der Waals surface area contributed by atoms with Crippen LogP contribution < -0.4 is 4.74 Å². The van der Waals surface area contributed by atoms with Crippen LogP contribution in [-0.2, 0) is 6.54 Å². The number of aromatic amines is 1. The molecule has 3 aromatic heterocycles. The highest BCUT2D eigenvalue weighted by atomic mass is 16.5. The first-order chi connectivity index (χ1) is 12.3. The summed E-state index contributed by atoms with van der Waals surface area (Å²) in [6.07, 6.45) is 5.90. The summed E-state index contributed by atoms with van der Waals surface area (Å²) in [4.78, 5) is 18.8. The number of rotatable bonds is 5. The number of hydrogen-bond acceptors (Lipinski definition) is 5. The van der Waals surface area contributed by atoms with Gasteiger partial charge in [0.15, 0.2) is 5.75 Å². The fourth-order valence-electron chi connectivity index (χ4n) is 3.58. The Balaban J connectivity index is 1.76. The monoisotopic (exact) mass is 337 g/mol. The molecule has 4 heterocycles. The Morgan fingerprint density at radius 1 is 1.36 bits per heavy atom. The van der Waals surface area contributed by atoms with Crippen LogP contribution in [0.3, 0.4) is 0 Å². The molecule has 0 bridgehead atoms. The largest absolute Gasteiger partial charge is 0.488 e. The van der Waals surface area contributed by atoms with Gasteiger partial charge in [0.05, 0.1) is 23.6 Å². The number of ether oxygens (including phenoxy) is 1. The number of nitrogens with one attached hydrogen (secondary N) is 1. The van der Waals surface area contributed by atoms with Crippen LogP contribution in [0.5, 0.6) is 5.75 Å². The molecule has 25 heavy (non-hydrogen) atoms. The second kappa shape index (κ2) is 6.80. The lowest BCUT2D eigenvalue weighted by atomic mass is 10.1. The minimum atomic E-state index is 0.209. The van der Waals surface area contributed by atoms with Crippen molar-refractivity contribution in [2.45, 2.75) is 32.4 Å². The van der Waals surface area contributed by atoms with Gasteiger partial charge in [-0.15, -0.1) is 0 Å². The van der Waals surface area contributed by atoms with Crippen LogP contribution in [-0.4, -0.2) is 52.3 Å². The molecule has 0 radical (unpaired) electrons. The lowest BCUT2D eigenvalue weighted by molar-refractivity contribution is 0.104. The van der Waals surface area contributed by atoms with E-state index in [9.17, 15) is 0 Å². The fourth-order valence-corrected chi connectivity index (χ4v) is 3.58. The van der Waals surface area contributed by atoms with Crippen LogP contribution in [0.4, 0.5) is 0 Å². The van der Waals surface area contributed by atoms with Crippen LogP contribution in [0.25, 0.3) is 21.9 Å². The number of fused-ring (bicyclic) bond motifs is 3. The summed E-state index contributed by atoms with van der Waals surface area (Å²) in [5, 5.41) is 2.11. The highest BCUT2D eigenvalue weighted by molar-refractivity contribution is 6.09. The molecule has 6 heteroatoms. The molecule has 0 saturated carbocycles. The maximum atomic E-state index is 6.49. The molecule has 0 spiro atoms. The number of likely N-dealkylation sites (tertiary alicyclic amines) is 1. The Morgan fingerprint density at radius 3 is 2.96 bits per heavy atom. The van der Waals surface area contributed by atoms with E-state index in [0.29, 0.717) is 6.54 Å². The Morgan fingerprint density at radius 2 is 2.20 bits per heavy atom. The standard InChI is InChI=1S/C19H23N5O/c1-3-24-9-6-13(7-10-24)25-18-16(11-20-2)22-12-15-17(18)14-5-4-8-21-19(14)23-15/h4-5,8,12-13H,2-3,6-7,9-11H2,1H3,(H,21,23). The Bertz CT molecular complexity index is 895. The zero-order valence-electron chi connectivity index (χ0n) is 14.5. The third-order valence-corrected chi connectivity index (χ3v) is 4.97. The number of aliphatic imine (C=N–C) groups is 1. The van der Waals surface area contributed by atoms with Crippen molar-refractivity contribution in [1.82, 2.24) is 19.9 Å². The molecular formula is C19H23N5O. The summed E-state index contributed by atoms with van der Waals surface area (Å²) in [6.45, 7) is 9.54. The Kier molecular flexibility index (Phi) is 4.36. The Hall–Kier alpha value is -2.47. The number of hydrogen-bond donors (Lipinski definition) is 1. The second-order valence-electron chi connectivity index (χ2n) is 6.48. The summed E-state index contributed by atoms with van der Waals surface area (Å²) in [6, 6.07) is 4.02. The van der Waals surface area contributed by atoms with E-state index in [1.165, 1.54) is 0 Å². The van der Waals surface area contributed by atoms with Crippen LogP contribution in [0.15, 0.2) is 29.5 Å². The number of nitrogens with zero attached hydrogens (tertiary/aromatic N) is 4. The molecular weight excluding hydrogens is 314 g/mol. The first-order valence-electron chi connectivity index (χ1n) is 8.86. The number of H-pyrrole nitrogens is 1. The van der Waals surface area contributed by atoms with E-state index in [1.54, 1.807) is 6.20 Å². The van der Waals surface area contributed by atoms with E-state index >= 15 is 0 Å². The van der Waals surface area contributed by atoms with Gasteiger partial charge in [0.25, 0.3) is 0 Å². The van der Waals surface area contributed by atoms with E-state index in [1.807, 2.05) is 12.3 Å². The highest BCUT2D eigenvalue weighted by Crippen LogP contribution is 2.36. The average molecular weight is 337 g/mol. The Labute approximate surface area is 146 Å². The third kappa shape index (κ3) is 2.98. The minimum Gasteiger partial charge on any atom is -0.488 e. The third-order valence-electron chi connectivity index (χ3n) is 4.97. The van der Waals surface area contributed by atoms with E-state index in [4.69, 9.17) is 4.74 Å². The van der Waals surface area contributed by atoms with Gasteiger partial charge in [0, 0.05) is 24.7 Å². The molecule has 0 amide bonds. The summed E-state index contributed by atoms with van der Waals surface area (Å²) >= 11 is 0. The van der Waals surface area contributed by atoms with Crippen molar-refractivity contribution in [2.24, 2.45) is 4.99 Å². The SMILES string of the molecule is C=NCc1ncc2[nH]c3ncccc3c2c1OC1CCN(CC)CC1. The summed E-state index contributed by atoms with van der Waals surface area (Å²) in [7, 11) is 0. The lowest BCUT2D eigenvalue weighted by Crippen LogP contribution is -2.38. The number of piperidine rings is 1. The van der Waals surface area contributed by atoms with Crippen molar-refractivity contribution >= 4 is 28.7 Å². The topological polar surface area (TPSA) is 66.4 Å². The molecule has 130 valence electrons. The van der Waals surface area contributed by atoms with Crippen LogP contribution in [0.2, 0.25) is 0 Å². The van der Waals surface area contributed by atoms with Gasteiger partial charge in [-0.05, 0) is 38.2 Å². The summed E-state index contributed by atoms with van der Waals surface area (Å²) < 4.78 is 6.49. The van der Waals surface area contributed by atoms with E-state index < -0.39 is 0 Å². The summed E-state index contributed by atoms with van der Waals surface area (Å²) in [5.74, 6) is 0.832. The predicted octanol–water partition coefficient (Wildman–Crippen LogP) is 3.17. The van der Waals surface area contributed by atoms with Gasteiger partial charge >= 0.3 is 0 Å². The molecule has 1 N–H and O–H groups in total. The lowest BCUT2D eigenvalue weighted by Gasteiger charge is -2.31. The first-order valence-corrected chi connectivity index (χ1v) is 8.86. The highest BCUT2D eigenvalue weighted by Gasteiger charge is 2.23. The molecule has 4 rings (SSSR count). The maximum Gasteiger partial charge on any atom is 0.153 e. The van der Waals surface area contributed by atoms with E-state index in [0.717, 1.165) is 65.9 Å². The molecule has 1 aliphatic heterocycles. The average Bonchev–Trinajstić information content (AvgIpc) is 3.03. The molecule has 6 nitrogen and oxygen atoms in total. The predicted molar refractivity (Wildman–Crippen MR) is 100 cm³/mol. The van der Waals surface area contributed by atoms with Gasteiger partial charge in [-0.1, -0.05) is 6.92 Å². The fraction of sp³-hybridized carbons (Fsp3) is 0.421. The van der Waals surface area contributed by atoms with Crippen molar-refractivity contribution in [3.05, 3.63) is 30.2 Å². The molecule has 3 aromatic rings. The van der Waals surface area contributed by atoms with Crippen molar-refractivity contribution in [3.8, 4) is 5.75 Å². The van der Waals surface area contributed by atoms with Crippen LogP contribution in [0, 0.1) is 0 Å². The van der Waals surface area contributed by atoms with Gasteiger partial charge in [-0.25, -0.2) is 4.98 Å². The normalized spacial score (nSPS) is 16.5. The van der Waals surface area contributed by atoms with Gasteiger partial charge < -0.3 is 14.6 Å². The zero-order valence-corrected chi connectivity index (χ0v) is 14.5. The van der Waals surface area contributed by atoms with Crippen LogP contribution in [0.1, 0.15) is 25.5 Å². The molecule has 0 unspecified atom stereocenters. The summed E-state index contributed by atoms with van der Waals surface area (Å²) in [5.41, 5.74) is 2.64. The van der Waals surface area contributed by atoms with Gasteiger partial charge in [-0.2, -0.15) is 0 Å². The minimum absolute atomic E-state index is 0.209. The van der Waals surface area contributed by atoms with E-state index in [2.05, 4.69) is 44.6 Å². The maximum absolute atomic E-state index is 6.49. The molecule has 1 saturated heterocycles. The molecule has 0 aliphatic carbocycles. The van der Waals surface area contributed by atoms with Gasteiger partial charge in [0.2, 0.25) is 0 Å². The van der Waals surface area contributed by atoms with Crippen molar-refractivity contribution < 1.29 is 4.74 Å². The molecule has 1 fully saturated rings.